The molecule has 1 aliphatic rings. The molecule has 1 aromatic carbocycles. The number of hydrogen-bond donors (Lipinski definition) is 1. The number of rotatable bonds is 2. The molecule has 1 N–H and O–H groups in total. The van der Waals surface area contributed by atoms with Gasteiger partial charge in [-0.05, 0) is 49.3 Å². The smallest absolute Gasteiger partial charge is 0.195 e. The summed E-state index contributed by atoms with van der Waals surface area (Å²) in [5, 5.41) is 7.18. The quantitative estimate of drug-likeness (QED) is 0.832. The van der Waals surface area contributed by atoms with Crippen LogP contribution in [0.2, 0.25) is 0 Å². The van der Waals surface area contributed by atoms with E-state index < -0.39 is 0 Å². The molecule has 1 aromatic heterocycles. The van der Waals surface area contributed by atoms with Crippen LogP contribution in [0.25, 0.3) is 11.4 Å². The van der Waals surface area contributed by atoms with Crippen molar-refractivity contribution in [3.8, 4) is 11.4 Å². The molecular weight excluding hydrogens is 261 g/mol. The Labute approximate surface area is 116 Å². The van der Waals surface area contributed by atoms with Crippen LogP contribution in [0.3, 0.4) is 0 Å². The standard InChI is InChI=1S/C14H16FN3S/c15-11-8-6-10(7-9-11)13-16-17-14(19)18(13)12-4-2-1-3-5-12/h6-9,12H,1-5H2,(H,17,19). The van der Waals surface area contributed by atoms with E-state index in [1.54, 1.807) is 12.1 Å². The maximum Gasteiger partial charge on any atom is 0.195 e. The normalized spacial score (nSPS) is 16.7. The van der Waals surface area contributed by atoms with Crippen LogP contribution in [-0.2, 0) is 0 Å². The highest BCUT2D eigenvalue weighted by Gasteiger charge is 2.20. The second-order valence-corrected chi connectivity index (χ2v) is 5.41. The van der Waals surface area contributed by atoms with E-state index in [4.69, 9.17) is 12.2 Å². The van der Waals surface area contributed by atoms with Gasteiger partial charge in [0, 0.05) is 11.6 Å². The van der Waals surface area contributed by atoms with Crippen LogP contribution in [-0.4, -0.2) is 14.8 Å². The van der Waals surface area contributed by atoms with Crippen molar-refractivity contribution in [3.05, 3.63) is 34.9 Å². The Bertz CT molecular complexity index is 608. The predicted molar refractivity (Wildman–Crippen MR) is 74.9 cm³/mol. The van der Waals surface area contributed by atoms with E-state index >= 15 is 0 Å². The third kappa shape index (κ3) is 2.47. The Morgan fingerprint density at radius 1 is 1.16 bits per heavy atom. The lowest BCUT2D eigenvalue weighted by atomic mass is 9.95. The molecule has 0 atom stereocenters. The number of aromatic nitrogens is 3. The van der Waals surface area contributed by atoms with Crippen molar-refractivity contribution in [1.29, 1.82) is 0 Å². The van der Waals surface area contributed by atoms with Crippen LogP contribution in [0.4, 0.5) is 4.39 Å². The molecule has 0 spiro atoms. The van der Waals surface area contributed by atoms with Gasteiger partial charge in [-0.3, -0.25) is 9.67 Å². The monoisotopic (exact) mass is 277 g/mol. The molecular formula is C14H16FN3S. The fourth-order valence-electron chi connectivity index (χ4n) is 2.79. The van der Waals surface area contributed by atoms with Gasteiger partial charge in [0.05, 0.1) is 0 Å². The van der Waals surface area contributed by atoms with E-state index in [2.05, 4.69) is 14.8 Å². The van der Waals surface area contributed by atoms with Crippen LogP contribution >= 0.6 is 12.2 Å². The van der Waals surface area contributed by atoms with Gasteiger partial charge < -0.3 is 0 Å². The lowest BCUT2D eigenvalue weighted by Gasteiger charge is -2.24. The van der Waals surface area contributed by atoms with Gasteiger partial charge in [-0.1, -0.05) is 19.3 Å². The Morgan fingerprint density at radius 2 is 1.84 bits per heavy atom. The van der Waals surface area contributed by atoms with Crippen molar-refractivity contribution >= 4 is 12.2 Å². The van der Waals surface area contributed by atoms with Crippen molar-refractivity contribution < 1.29 is 4.39 Å². The summed E-state index contributed by atoms with van der Waals surface area (Å²) in [6, 6.07) is 6.83. The van der Waals surface area contributed by atoms with Crippen molar-refractivity contribution in [3.63, 3.8) is 0 Å². The van der Waals surface area contributed by atoms with E-state index in [9.17, 15) is 4.39 Å². The molecule has 1 fully saturated rings. The minimum atomic E-state index is -0.234. The molecule has 0 amide bonds. The first-order valence-electron chi connectivity index (χ1n) is 6.68. The first-order chi connectivity index (χ1) is 9.25. The highest BCUT2D eigenvalue weighted by atomic mass is 32.1. The van der Waals surface area contributed by atoms with E-state index in [0.717, 1.165) is 24.2 Å². The topological polar surface area (TPSA) is 33.6 Å². The summed E-state index contributed by atoms with van der Waals surface area (Å²) in [5.41, 5.74) is 0.902. The number of aromatic amines is 1. The summed E-state index contributed by atoms with van der Waals surface area (Å²) in [5.74, 6) is 0.582. The summed E-state index contributed by atoms with van der Waals surface area (Å²) < 4.78 is 15.8. The largest absolute Gasteiger partial charge is 0.297 e. The molecule has 3 rings (SSSR count). The maximum atomic E-state index is 13.0. The Kier molecular flexibility index (Phi) is 3.46. The molecule has 3 nitrogen and oxygen atoms in total. The van der Waals surface area contributed by atoms with Gasteiger partial charge in [0.15, 0.2) is 10.6 Å². The van der Waals surface area contributed by atoms with Gasteiger partial charge in [0.25, 0.3) is 0 Å². The van der Waals surface area contributed by atoms with E-state index in [1.165, 1.54) is 31.4 Å². The summed E-state index contributed by atoms with van der Waals surface area (Å²) in [6.45, 7) is 0. The SMILES string of the molecule is Fc1ccc(-c2n[nH]c(=S)n2C2CCCCC2)cc1. The Balaban J connectivity index is 2.02. The number of nitrogens with one attached hydrogen (secondary N) is 1. The molecule has 0 saturated heterocycles. The zero-order valence-corrected chi connectivity index (χ0v) is 11.4. The second kappa shape index (κ2) is 5.25. The summed E-state index contributed by atoms with van der Waals surface area (Å²) in [6.07, 6.45) is 6.05. The minimum absolute atomic E-state index is 0.234. The first-order valence-corrected chi connectivity index (χ1v) is 7.09. The van der Waals surface area contributed by atoms with E-state index in [-0.39, 0.29) is 5.82 Å². The molecule has 1 heterocycles. The highest BCUT2D eigenvalue weighted by Crippen LogP contribution is 2.31. The van der Waals surface area contributed by atoms with Gasteiger partial charge in [0.1, 0.15) is 5.82 Å². The van der Waals surface area contributed by atoms with Gasteiger partial charge in [-0.15, -0.1) is 0 Å². The number of halogens is 1. The summed E-state index contributed by atoms with van der Waals surface area (Å²) in [7, 11) is 0. The molecule has 2 aromatic rings. The fourth-order valence-corrected chi connectivity index (χ4v) is 3.07. The lowest BCUT2D eigenvalue weighted by Crippen LogP contribution is -2.14. The van der Waals surface area contributed by atoms with Crippen molar-refractivity contribution in [2.75, 3.05) is 0 Å². The molecule has 19 heavy (non-hydrogen) atoms. The molecule has 0 unspecified atom stereocenters. The first kappa shape index (κ1) is 12.5. The fraction of sp³-hybridized carbons (Fsp3) is 0.429. The van der Waals surface area contributed by atoms with Gasteiger partial charge >= 0.3 is 0 Å². The molecule has 1 saturated carbocycles. The lowest BCUT2D eigenvalue weighted by molar-refractivity contribution is 0.352. The third-order valence-electron chi connectivity index (χ3n) is 3.75. The molecule has 1 aliphatic carbocycles. The molecule has 0 aliphatic heterocycles. The summed E-state index contributed by atoms with van der Waals surface area (Å²) in [4.78, 5) is 0. The molecule has 0 bridgehead atoms. The third-order valence-corrected chi connectivity index (χ3v) is 4.03. The second-order valence-electron chi connectivity index (χ2n) is 5.02. The van der Waals surface area contributed by atoms with Crippen LogP contribution in [0.1, 0.15) is 38.1 Å². The molecule has 5 heteroatoms. The zero-order chi connectivity index (χ0) is 13.2. The number of H-pyrrole nitrogens is 1. The zero-order valence-electron chi connectivity index (χ0n) is 10.6. The van der Waals surface area contributed by atoms with Gasteiger partial charge in [-0.25, -0.2) is 4.39 Å². The van der Waals surface area contributed by atoms with Crippen LogP contribution < -0.4 is 0 Å². The van der Waals surface area contributed by atoms with Crippen molar-refractivity contribution in [2.24, 2.45) is 0 Å². The molecule has 0 radical (unpaired) electrons. The van der Waals surface area contributed by atoms with Crippen LogP contribution in [0, 0.1) is 10.6 Å². The average Bonchev–Trinajstić information content (AvgIpc) is 2.82. The average molecular weight is 277 g/mol. The maximum absolute atomic E-state index is 13.0. The van der Waals surface area contributed by atoms with Crippen molar-refractivity contribution in [1.82, 2.24) is 14.8 Å². The highest BCUT2D eigenvalue weighted by molar-refractivity contribution is 7.71. The molecule has 100 valence electrons. The van der Waals surface area contributed by atoms with Crippen LogP contribution in [0.15, 0.2) is 24.3 Å². The Morgan fingerprint density at radius 3 is 2.53 bits per heavy atom. The van der Waals surface area contributed by atoms with Crippen molar-refractivity contribution in [2.45, 2.75) is 38.1 Å². The minimum Gasteiger partial charge on any atom is -0.297 e. The summed E-state index contributed by atoms with van der Waals surface area (Å²) >= 11 is 5.35. The number of hydrogen-bond acceptors (Lipinski definition) is 2. The van der Waals surface area contributed by atoms with Crippen LogP contribution in [0.5, 0.6) is 0 Å². The predicted octanol–water partition coefficient (Wildman–Crippen LogP) is 4.25. The van der Waals surface area contributed by atoms with E-state index in [1.807, 2.05) is 0 Å². The van der Waals surface area contributed by atoms with Gasteiger partial charge in [-0.2, -0.15) is 5.10 Å². The number of nitrogens with zero attached hydrogens (tertiary/aromatic N) is 2. The number of benzene rings is 1. The van der Waals surface area contributed by atoms with Gasteiger partial charge in [0.2, 0.25) is 0 Å². The Hall–Kier alpha value is -1.49. The van der Waals surface area contributed by atoms with E-state index in [0.29, 0.717) is 10.8 Å².